The second-order valence-corrected chi connectivity index (χ2v) is 4.69. The Morgan fingerprint density at radius 1 is 1.42 bits per heavy atom. The topological polar surface area (TPSA) is 51.5 Å². The number of rotatable bonds is 5. The summed E-state index contributed by atoms with van der Waals surface area (Å²) >= 11 is 0. The van der Waals surface area contributed by atoms with Crippen LogP contribution < -0.4 is 0 Å². The molecule has 0 saturated carbocycles. The van der Waals surface area contributed by atoms with Gasteiger partial charge in [0.1, 0.15) is 0 Å². The van der Waals surface area contributed by atoms with Crippen molar-refractivity contribution in [2.75, 3.05) is 6.61 Å². The molecule has 1 atom stereocenters. The van der Waals surface area contributed by atoms with Gasteiger partial charge in [0.25, 0.3) is 0 Å². The molecule has 1 N–H and O–H groups in total. The summed E-state index contributed by atoms with van der Waals surface area (Å²) in [6.45, 7) is 4.53. The molecule has 1 aromatic carbocycles. The number of ether oxygens (including phenoxy) is 1. The smallest absolute Gasteiger partial charge is 0.308 e. The molecule has 19 heavy (non-hydrogen) atoms. The maximum Gasteiger partial charge on any atom is 0.308 e. The third kappa shape index (κ3) is 3.35. The molecule has 0 bridgehead atoms. The van der Waals surface area contributed by atoms with Crippen molar-refractivity contribution in [2.45, 2.75) is 32.9 Å². The summed E-state index contributed by atoms with van der Waals surface area (Å²) < 4.78 is 6.79. The molecule has 0 aliphatic rings. The third-order valence-corrected chi connectivity index (χ3v) is 3.04. The monoisotopic (exact) mass is 261 g/mol. The number of hydrogen-bond acceptors (Lipinski definition) is 3. The minimum Gasteiger partial charge on any atom is -0.466 e. The van der Waals surface area contributed by atoms with Gasteiger partial charge in [-0.2, -0.15) is 0 Å². The van der Waals surface area contributed by atoms with Gasteiger partial charge in [-0.15, -0.1) is 0 Å². The SMILES string of the molecule is CCOC(=O)CC(O)Cn1ccc2ccc(C)cc21. The van der Waals surface area contributed by atoms with Crippen LogP contribution in [0, 0.1) is 6.92 Å². The summed E-state index contributed by atoms with van der Waals surface area (Å²) in [5.74, 6) is -0.359. The molecule has 1 unspecified atom stereocenters. The van der Waals surface area contributed by atoms with Crippen molar-refractivity contribution in [1.29, 1.82) is 0 Å². The lowest BCUT2D eigenvalue weighted by atomic mass is 10.2. The molecule has 4 heteroatoms. The first-order valence-electron chi connectivity index (χ1n) is 6.49. The van der Waals surface area contributed by atoms with Crippen molar-refractivity contribution >= 4 is 16.9 Å². The zero-order valence-corrected chi connectivity index (χ0v) is 11.3. The molecule has 0 fully saturated rings. The van der Waals surface area contributed by atoms with Crippen LogP contribution in [-0.4, -0.2) is 28.4 Å². The van der Waals surface area contributed by atoms with E-state index < -0.39 is 6.10 Å². The predicted octanol–water partition coefficient (Wildman–Crippen LogP) is 2.26. The Hall–Kier alpha value is -1.81. The number of carbonyl (C=O) groups is 1. The van der Waals surface area contributed by atoms with E-state index in [1.54, 1.807) is 6.92 Å². The van der Waals surface area contributed by atoms with E-state index in [0.717, 1.165) is 10.9 Å². The number of aliphatic hydroxyl groups is 1. The van der Waals surface area contributed by atoms with Crippen LogP contribution in [0.5, 0.6) is 0 Å². The zero-order chi connectivity index (χ0) is 13.8. The van der Waals surface area contributed by atoms with Gasteiger partial charge in [-0.3, -0.25) is 4.79 Å². The van der Waals surface area contributed by atoms with Crippen LogP contribution in [-0.2, 0) is 16.1 Å². The van der Waals surface area contributed by atoms with Crippen LogP contribution in [0.2, 0.25) is 0 Å². The Labute approximate surface area is 112 Å². The molecular formula is C15H19NO3. The van der Waals surface area contributed by atoms with Crippen LogP contribution in [0.15, 0.2) is 30.5 Å². The van der Waals surface area contributed by atoms with Gasteiger partial charge in [-0.1, -0.05) is 12.1 Å². The average molecular weight is 261 g/mol. The molecule has 0 aliphatic heterocycles. The van der Waals surface area contributed by atoms with Crippen LogP contribution in [0.4, 0.5) is 0 Å². The number of hydrogen-bond donors (Lipinski definition) is 1. The minimum absolute atomic E-state index is 0.0271. The lowest BCUT2D eigenvalue weighted by Gasteiger charge is -2.12. The molecule has 0 radical (unpaired) electrons. The van der Waals surface area contributed by atoms with Crippen LogP contribution in [0.3, 0.4) is 0 Å². The van der Waals surface area contributed by atoms with E-state index in [0.29, 0.717) is 13.2 Å². The molecular weight excluding hydrogens is 242 g/mol. The van der Waals surface area contributed by atoms with Gasteiger partial charge in [-0.25, -0.2) is 0 Å². The van der Waals surface area contributed by atoms with Crippen LogP contribution >= 0.6 is 0 Å². The second-order valence-electron chi connectivity index (χ2n) is 4.69. The fraction of sp³-hybridized carbons (Fsp3) is 0.400. The zero-order valence-electron chi connectivity index (χ0n) is 11.3. The van der Waals surface area contributed by atoms with E-state index in [9.17, 15) is 9.90 Å². The van der Waals surface area contributed by atoms with Gasteiger partial charge in [0.15, 0.2) is 0 Å². The van der Waals surface area contributed by atoms with Crippen molar-refractivity contribution in [3.05, 3.63) is 36.0 Å². The number of aliphatic hydroxyl groups excluding tert-OH is 1. The van der Waals surface area contributed by atoms with E-state index in [1.807, 2.05) is 23.8 Å². The molecule has 0 amide bonds. The third-order valence-electron chi connectivity index (χ3n) is 3.04. The molecule has 0 aliphatic carbocycles. The fourth-order valence-corrected chi connectivity index (χ4v) is 2.16. The summed E-state index contributed by atoms with van der Waals surface area (Å²) in [6, 6.07) is 8.19. The number of aryl methyl sites for hydroxylation is 1. The normalized spacial score (nSPS) is 12.6. The van der Waals surface area contributed by atoms with Gasteiger partial charge in [-0.05, 0) is 36.9 Å². The summed E-state index contributed by atoms with van der Waals surface area (Å²) in [5.41, 5.74) is 2.25. The van der Waals surface area contributed by atoms with E-state index >= 15 is 0 Å². The van der Waals surface area contributed by atoms with Crippen molar-refractivity contribution < 1.29 is 14.6 Å². The number of carbonyl (C=O) groups excluding carboxylic acids is 1. The highest BCUT2D eigenvalue weighted by atomic mass is 16.5. The van der Waals surface area contributed by atoms with Gasteiger partial charge in [0, 0.05) is 18.3 Å². The molecule has 1 aromatic heterocycles. The number of fused-ring (bicyclic) bond motifs is 1. The Morgan fingerprint density at radius 2 is 2.21 bits per heavy atom. The molecule has 0 saturated heterocycles. The maximum atomic E-state index is 11.3. The summed E-state index contributed by atoms with van der Waals surface area (Å²) in [6.07, 6.45) is 1.23. The highest BCUT2D eigenvalue weighted by Crippen LogP contribution is 2.18. The Kier molecular flexibility index (Phi) is 4.22. The molecule has 2 aromatic rings. The fourth-order valence-electron chi connectivity index (χ4n) is 2.16. The standard InChI is InChI=1S/C15H19NO3/c1-3-19-15(18)9-13(17)10-16-7-6-12-5-4-11(2)8-14(12)16/h4-8,13,17H,3,9-10H2,1-2H3. The lowest BCUT2D eigenvalue weighted by molar-refractivity contribution is -0.145. The second kappa shape index (κ2) is 5.89. The Balaban J connectivity index is 2.08. The van der Waals surface area contributed by atoms with E-state index in [2.05, 4.69) is 18.2 Å². The van der Waals surface area contributed by atoms with Crippen LogP contribution in [0.25, 0.3) is 10.9 Å². The largest absolute Gasteiger partial charge is 0.466 e. The number of aromatic nitrogens is 1. The van der Waals surface area contributed by atoms with Crippen LogP contribution in [0.1, 0.15) is 18.9 Å². The highest BCUT2D eigenvalue weighted by Gasteiger charge is 2.13. The summed E-state index contributed by atoms with van der Waals surface area (Å²) in [7, 11) is 0. The van der Waals surface area contributed by atoms with Crippen molar-refractivity contribution in [2.24, 2.45) is 0 Å². The average Bonchev–Trinajstić information content (AvgIpc) is 2.72. The van der Waals surface area contributed by atoms with E-state index in [1.165, 1.54) is 5.56 Å². The first-order chi connectivity index (χ1) is 9.10. The predicted molar refractivity (Wildman–Crippen MR) is 73.9 cm³/mol. The number of benzene rings is 1. The molecule has 2 rings (SSSR count). The Morgan fingerprint density at radius 3 is 2.95 bits per heavy atom. The number of esters is 1. The van der Waals surface area contributed by atoms with Crippen molar-refractivity contribution in [3.63, 3.8) is 0 Å². The van der Waals surface area contributed by atoms with E-state index in [4.69, 9.17) is 4.74 Å². The summed E-state index contributed by atoms with van der Waals surface area (Å²) in [5, 5.41) is 11.1. The maximum absolute atomic E-state index is 11.3. The molecule has 4 nitrogen and oxygen atoms in total. The summed E-state index contributed by atoms with van der Waals surface area (Å²) in [4.78, 5) is 11.3. The van der Waals surface area contributed by atoms with Crippen molar-refractivity contribution in [1.82, 2.24) is 4.57 Å². The first kappa shape index (κ1) is 13.6. The first-order valence-corrected chi connectivity index (χ1v) is 6.49. The lowest BCUT2D eigenvalue weighted by Crippen LogP contribution is -2.20. The highest BCUT2D eigenvalue weighted by molar-refractivity contribution is 5.80. The van der Waals surface area contributed by atoms with E-state index in [-0.39, 0.29) is 12.4 Å². The van der Waals surface area contributed by atoms with Gasteiger partial charge < -0.3 is 14.4 Å². The molecule has 102 valence electrons. The Bertz CT molecular complexity index is 574. The van der Waals surface area contributed by atoms with Gasteiger partial charge in [0.2, 0.25) is 0 Å². The molecule has 0 spiro atoms. The van der Waals surface area contributed by atoms with Gasteiger partial charge >= 0.3 is 5.97 Å². The van der Waals surface area contributed by atoms with Gasteiger partial charge in [0.05, 0.1) is 19.1 Å². The number of nitrogens with zero attached hydrogens (tertiary/aromatic N) is 1. The molecule has 1 heterocycles. The quantitative estimate of drug-likeness (QED) is 0.840. The minimum atomic E-state index is -0.727. The van der Waals surface area contributed by atoms with Crippen molar-refractivity contribution in [3.8, 4) is 0 Å².